The van der Waals surface area contributed by atoms with Gasteiger partial charge in [0.1, 0.15) is 0 Å². The van der Waals surface area contributed by atoms with Gasteiger partial charge in [0.15, 0.2) is 0 Å². The fourth-order valence-corrected chi connectivity index (χ4v) is 13.0. The van der Waals surface area contributed by atoms with Crippen molar-refractivity contribution in [3.63, 3.8) is 0 Å². The Hall–Kier alpha value is -11.3. The number of benzene rings is 12. The number of rotatable bonds is 9. The quantitative estimate of drug-likeness (QED) is 0.145. The Morgan fingerprint density at radius 3 is 1.17 bits per heavy atom. The molecule has 0 radical (unpaired) electrons. The second kappa shape index (κ2) is 19.5. The molecule has 0 aliphatic heterocycles. The summed E-state index contributed by atoms with van der Waals surface area (Å²) in [6.07, 6.45) is 0. The summed E-state index contributed by atoms with van der Waals surface area (Å²) in [6.45, 7) is 0. The topological polar surface area (TPSA) is 51.5 Å². The third kappa shape index (κ3) is 7.80. The lowest BCUT2D eigenvalue weighted by atomic mass is 9.89. The number of nitriles is 1. The van der Waals surface area contributed by atoms with Gasteiger partial charge in [0.05, 0.1) is 73.2 Å². The van der Waals surface area contributed by atoms with Crippen LogP contribution in [0.2, 0.25) is 0 Å². The van der Waals surface area contributed by atoms with Gasteiger partial charge in [0.2, 0.25) is 0 Å². The highest BCUT2D eigenvalue weighted by atomic mass is 15.0. The summed E-state index contributed by atoms with van der Waals surface area (Å²) >= 11 is 0. The van der Waals surface area contributed by atoms with E-state index in [-0.39, 0.29) is 0 Å². The van der Waals surface area contributed by atoms with Crippen LogP contribution in [0.15, 0.2) is 297 Å². The largest absolute Gasteiger partial charge is 0.309 e. The molecule has 16 rings (SSSR count). The van der Waals surface area contributed by atoms with Gasteiger partial charge in [-0.2, -0.15) is 5.26 Å². The molecule has 0 fully saturated rings. The first kappa shape index (κ1) is 47.7. The van der Waals surface area contributed by atoms with Gasteiger partial charge in [-0.1, -0.05) is 206 Å². The number of hydrogen-bond donors (Lipinski definition) is 0. The Bertz CT molecular complexity index is 4940. The van der Waals surface area contributed by atoms with Crippen molar-refractivity contribution >= 4 is 65.4 Å². The van der Waals surface area contributed by atoms with E-state index in [0.717, 1.165) is 128 Å². The van der Waals surface area contributed by atoms with E-state index in [2.05, 4.69) is 299 Å². The molecule has 83 heavy (non-hydrogen) atoms. The normalized spacial score (nSPS) is 11.6. The van der Waals surface area contributed by atoms with Gasteiger partial charge in [-0.3, -0.25) is 0 Å². The molecule has 0 bridgehead atoms. The Balaban J connectivity index is 1.09. The molecule has 5 heteroatoms. The van der Waals surface area contributed by atoms with Gasteiger partial charge in [-0.05, 0) is 113 Å². The van der Waals surface area contributed by atoms with Crippen LogP contribution in [0.5, 0.6) is 0 Å². The first-order valence-corrected chi connectivity index (χ1v) is 28.2. The number of aromatic nitrogens is 4. The van der Waals surface area contributed by atoms with Crippen LogP contribution in [-0.4, -0.2) is 18.7 Å². The Labute approximate surface area is 479 Å². The van der Waals surface area contributed by atoms with Gasteiger partial charge in [-0.15, -0.1) is 0 Å². The van der Waals surface area contributed by atoms with Crippen LogP contribution in [0, 0.1) is 11.3 Å². The number of fused-ring (bicyclic) bond motifs is 9. The lowest BCUT2D eigenvalue weighted by Gasteiger charge is -2.24. The van der Waals surface area contributed by atoms with E-state index in [1.54, 1.807) is 0 Å². The standard InChI is InChI=1S/C78H49N5/c79-50-51-22-21-27-54(44-51)55-42-43-77-65(45-55)62-32-11-20-41-76(62)83(77)78-66(63-33-12-18-39-74(63)81-70-35-14-7-28-58(70)59-29-8-15-36-71(59)81)46-57(69-49-56(52-23-3-1-4-24-52)48-68(80-69)53-25-5-2-6-26-53)47-67(78)64-34-13-19-40-75(64)82-72-37-16-9-30-60(72)61-31-10-17-38-73(61)82/h1-49H. The molecule has 0 aliphatic rings. The third-order valence-corrected chi connectivity index (χ3v) is 16.7. The van der Waals surface area contributed by atoms with E-state index >= 15 is 0 Å². The van der Waals surface area contributed by atoms with Crippen LogP contribution in [0.25, 0.3) is 150 Å². The second-order valence-electron chi connectivity index (χ2n) is 21.3. The predicted molar refractivity (Wildman–Crippen MR) is 345 cm³/mol. The fraction of sp³-hybridized carbons (Fsp3) is 0. The van der Waals surface area contributed by atoms with Gasteiger partial charge in [-0.25, -0.2) is 4.98 Å². The smallest absolute Gasteiger partial charge is 0.0991 e. The first-order valence-electron chi connectivity index (χ1n) is 28.2. The molecule has 4 heterocycles. The van der Waals surface area contributed by atoms with Crippen LogP contribution >= 0.6 is 0 Å². The fourth-order valence-electron chi connectivity index (χ4n) is 13.0. The summed E-state index contributed by atoms with van der Waals surface area (Å²) in [5, 5.41) is 17.0. The molecule has 0 spiro atoms. The molecule has 0 saturated heterocycles. The summed E-state index contributed by atoms with van der Waals surface area (Å²) in [5.41, 5.74) is 22.6. The van der Waals surface area contributed by atoms with Crippen molar-refractivity contribution in [2.45, 2.75) is 0 Å². The van der Waals surface area contributed by atoms with Crippen molar-refractivity contribution in [2.75, 3.05) is 0 Å². The van der Waals surface area contributed by atoms with Crippen molar-refractivity contribution in [3.05, 3.63) is 303 Å². The highest BCUT2D eigenvalue weighted by molar-refractivity contribution is 6.14. The maximum Gasteiger partial charge on any atom is 0.0991 e. The lowest BCUT2D eigenvalue weighted by Crippen LogP contribution is -2.06. The van der Waals surface area contributed by atoms with Crippen molar-refractivity contribution in [1.29, 1.82) is 5.26 Å². The number of pyridine rings is 1. The van der Waals surface area contributed by atoms with E-state index in [1.807, 2.05) is 18.2 Å². The van der Waals surface area contributed by atoms with Crippen LogP contribution in [-0.2, 0) is 0 Å². The molecule has 0 N–H and O–H groups in total. The molecule has 0 saturated carbocycles. The summed E-state index contributed by atoms with van der Waals surface area (Å²) in [7, 11) is 0. The van der Waals surface area contributed by atoms with Crippen molar-refractivity contribution in [3.8, 4) is 90.2 Å². The Kier molecular flexibility index (Phi) is 11.2. The number of para-hydroxylation sites is 7. The minimum absolute atomic E-state index is 0.628. The molecule has 0 aliphatic carbocycles. The van der Waals surface area contributed by atoms with Gasteiger partial charge < -0.3 is 13.7 Å². The zero-order chi connectivity index (χ0) is 55.0. The van der Waals surface area contributed by atoms with E-state index in [4.69, 9.17) is 4.98 Å². The molecule has 16 aromatic rings. The highest BCUT2D eigenvalue weighted by Crippen LogP contribution is 2.49. The van der Waals surface area contributed by atoms with Crippen molar-refractivity contribution in [1.82, 2.24) is 18.7 Å². The van der Waals surface area contributed by atoms with Crippen molar-refractivity contribution in [2.24, 2.45) is 0 Å². The summed E-state index contributed by atoms with van der Waals surface area (Å²) < 4.78 is 7.43. The predicted octanol–water partition coefficient (Wildman–Crippen LogP) is 20.2. The zero-order valence-corrected chi connectivity index (χ0v) is 45.0. The lowest BCUT2D eigenvalue weighted by molar-refractivity contribution is 1.15. The minimum atomic E-state index is 0.628. The van der Waals surface area contributed by atoms with Gasteiger partial charge >= 0.3 is 0 Å². The molecule has 12 aromatic carbocycles. The molecule has 5 nitrogen and oxygen atoms in total. The summed E-state index contributed by atoms with van der Waals surface area (Å²) in [4.78, 5) is 5.68. The summed E-state index contributed by atoms with van der Waals surface area (Å²) in [6, 6.07) is 109. The van der Waals surface area contributed by atoms with Crippen LogP contribution in [0.3, 0.4) is 0 Å². The monoisotopic (exact) mass is 1060 g/mol. The Morgan fingerprint density at radius 2 is 0.651 bits per heavy atom. The van der Waals surface area contributed by atoms with E-state index in [1.165, 1.54) is 21.5 Å². The molecule has 386 valence electrons. The molecule has 0 atom stereocenters. The molecular formula is C78H49N5. The van der Waals surface area contributed by atoms with Crippen LogP contribution in [0.4, 0.5) is 0 Å². The summed E-state index contributed by atoms with van der Waals surface area (Å²) in [5.74, 6) is 0. The average molecular weight is 1060 g/mol. The molecule has 0 amide bonds. The number of hydrogen-bond acceptors (Lipinski definition) is 2. The molecular weight excluding hydrogens is 1010 g/mol. The van der Waals surface area contributed by atoms with Crippen molar-refractivity contribution < 1.29 is 0 Å². The third-order valence-electron chi connectivity index (χ3n) is 16.7. The first-order chi connectivity index (χ1) is 41.1. The zero-order valence-electron chi connectivity index (χ0n) is 45.0. The number of nitrogens with zero attached hydrogens (tertiary/aromatic N) is 5. The minimum Gasteiger partial charge on any atom is -0.309 e. The van der Waals surface area contributed by atoms with Gasteiger partial charge in [0, 0.05) is 65.7 Å². The van der Waals surface area contributed by atoms with Crippen LogP contribution < -0.4 is 0 Å². The molecule has 0 unspecified atom stereocenters. The van der Waals surface area contributed by atoms with E-state index < -0.39 is 0 Å². The second-order valence-corrected chi connectivity index (χ2v) is 21.3. The SMILES string of the molecule is N#Cc1cccc(-c2ccc3c(c2)c2ccccc2n3-c2c(-c3ccccc3-n3c4ccccc4c4ccccc43)cc(-c3cc(-c4ccccc4)cc(-c4ccccc4)n3)cc2-c2ccccc2-n2c3ccccc3c3ccccc32)c1. The average Bonchev–Trinajstić information content (AvgIpc) is 4.34. The maximum absolute atomic E-state index is 10.0. The highest BCUT2D eigenvalue weighted by Gasteiger charge is 2.27. The Morgan fingerprint density at radius 1 is 0.253 bits per heavy atom. The molecule has 4 aromatic heterocycles. The maximum atomic E-state index is 10.0. The van der Waals surface area contributed by atoms with Gasteiger partial charge in [0.25, 0.3) is 0 Å². The van der Waals surface area contributed by atoms with E-state index in [0.29, 0.717) is 5.56 Å². The van der Waals surface area contributed by atoms with Crippen LogP contribution in [0.1, 0.15) is 5.56 Å². The van der Waals surface area contributed by atoms with E-state index in [9.17, 15) is 5.26 Å².